The fourth-order valence-corrected chi connectivity index (χ4v) is 2.02. The molecule has 4 nitrogen and oxygen atoms in total. The van der Waals surface area contributed by atoms with E-state index in [0.717, 1.165) is 4.47 Å². The molecule has 1 aromatic carbocycles. The molecular formula is C14H13BrF3NO3. The maximum Gasteiger partial charge on any atom is 0.470 e. The van der Waals surface area contributed by atoms with Gasteiger partial charge in [-0.2, -0.15) is 13.2 Å². The molecule has 1 aliphatic rings. The highest BCUT2D eigenvalue weighted by Crippen LogP contribution is 2.42. The molecule has 0 saturated heterocycles. The Bertz CT molecular complexity index is 598. The molecule has 0 aliphatic carbocycles. The van der Waals surface area contributed by atoms with Gasteiger partial charge in [0.05, 0.1) is 18.1 Å². The van der Waals surface area contributed by atoms with E-state index in [-0.39, 0.29) is 5.71 Å². The predicted octanol–water partition coefficient (Wildman–Crippen LogP) is 4.03. The summed E-state index contributed by atoms with van der Waals surface area (Å²) in [7, 11) is 0. The van der Waals surface area contributed by atoms with E-state index < -0.39 is 30.3 Å². The second-order valence-electron chi connectivity index (χ2n) is 5.14. The Morgan fingerprint density at radius 3 is 2.45 bits per heavy atom. The Morgan fingerprint density at radius 2 is 1.95 bits per heavy atom. The normalized spacial score (nSPS) is 21.5. The molecule has 8 heteroatoms. The third kappa shape index (κ3) is 3.26. The Kier molecular flexibility index (Phi) is 4.51. The second-order valence-corrected chi connectivity index (χ2v) is 6.06. The number of esters is 1. The summed E-state index contributed by atoms with van der Waals surface area (Å²) in [4.78, 5) is 16.1. The molecular weight excluding hydrogens is 367 g/mol. The standard InChI is InChI=1S/C14H13BrF3NO3/c1-8(2)12(20)21-13(14(16,17)18)7-11(19-22-13)9-3-5-10(15)6-4-9/h3-6,8H,7H2,1-2H3. The van der Waals surface area contributed by atoms with Crippen molar-refractivity contribution < 1.29 is 27.5 Å². The fourth-order valence-electron chi connectivity index (χ4n) is 1.76. The molecule has 0 saturated carbocycles. The van der Waals surface area contributed by atoms with Crippen LogP contribution in [0.15, 0.2) is 33.9 Å². The Labute approximate surface area is 133 Å². The molecule has 0 radical (unpaired) electrons. The van der Waals surface area contributed by atoms with Crippen LogP contribution in [-0.2, 0) is 14.4 Å². The predicted molar refractivity (Wildman–Crippen MR) is 76.1 cm³/mol. The van der Waals surface area contributed by atoms with Gasteiger partial charge in [0, 0.05) is 4.47 Å². The first-order valence-electron chi connectivity index (χ1n) is 6.45. The lowest BCUT2D eigenvalue weighted by atomic mass is 10.0. The summed E-state index contributed by atoms with van der Waals surface area (Å²) in [6.07, 6.45) is -5.57. The van der Waals surface area contributed by atoms with Crippen LogP contribution < -0.4 is 0 Å². The summed E-state index contributed by atoms with van der Waals surface area (Å²) in [5, 5.41) is 3.47. The van der Waals surface area contributed by atoms with Gasteiger partial charge in [0.15, 0.2) is 0 Å². The number of hydrogen-bond donors (Lipinski definition) is 0. The van der Waals surface area contributed by atoms with Crippen molar-refractivity contribution in [2.75, 3.05) is 0 Å². The molecule has 0 bridgehead atoms. The molecule has 0 aromatic heterocycles. The average molecular weight is 380 g/mol. The topological polar surface area (TPSA) is 47.9 Å². The number of benzene rings is 1. The van der Waals surface area contributed by atoms with E-state index in [1.165, 1.54) is 13.8 Å². The molecule has 1 heterocycles. The minimum absolute atomic E-state index is 0.0707. The maximum absolute atomic E-state index is 13.3. The summed E-state index contributed by atoms with van der Waals surface area (Å²) in [6, 6.07) is 6.54. The van der Waals surface area contributed by atoms with Gasteiger partial charge >= 0.3 is 17.9 Å². The van der Waals surface area contributed by atoms with E-state index in [1.54, 1.807) is 24.3 Å². The quantitative estimate of drug-likeness (QED) is 0.744. The molecule has 2 rings (SSSR count). The number of ether oxygens (including phenoxy) is 1. The third-order valence-electron chi connectivity index (χ3n) is 3.05. The summed E-state index contributed by atoms with van der Waals surface area (Å²) >= 11 is 3.24. The van der Waals surface area contributed by atoms with Gasteiger partial charge in [-0.3, -0.25) is 4.79 Å². The van der Waals surface area contributed by atoms with Gasteiger partial charge in [-0.05, 0) is 17.7 Å². The first kappa shape index (κ1) is 16.8. The highest BCUT2D eigenvalue weighted by molar-refractivity contribution is 9.10. The van der Waals surface area contributed by atoms with Crippen molar-refractivity contribution in [3.8, 4) is 0 Å². The zero-order valence-electron chi connectivity index (χ0n) is 11.8. The first-order chi connectivity index (χ1) is 10.1. The van der Waals surface area contributed by atoms with Crippen LogP contribution in [0, 0.1) is 5.92 Å². The lowest BCUT2D eigenvalue weighted by Crippen LogP contribution is -2.49. The monoisotopic (exact) mass is 379 g/mol. The maximum atomic E-state index is 13.3. The number of alkyl halides is 3. The van der Waals surface area contributed by atoms with Gasteiger partial charge in [0.25, 0.3) is 0 Å². The number of carbonyl (C=O) groups excluding carboxylic acids is 1. The van der Waals surface area contributed by atoms with Gasteiger partial charge < -0.3 is 9.57 Å². The van der Waals surface area contributed by atoms with Gasteiger partial charge in [-0.25, -0.2) is 0 Å². The van der Waals surface area contributed by atoms with E-state index in [1.807, 2.05) is 0 Å². The van der Waals surface area contributed by atoms with Gasteiger partial charge in [0.2, 0.25) is 0 Å². The van der Waals surface area contributed by atoms with Gasteiger partial charge in [-0.1, -0.05) is 47.1 Å². The number of rotatable bonds is 3. The van der Waals surface area contributed by atoms with Crippen LogP contribution >= 0.6 is 15.9 Å². The van der Waals surface area contributed by atoms with E-state index in [2.05, 4.69) is 30.7 Å². The zero-order chi connectivity index (χ0) is 16.5. The molecule has 22 heavy (non-hydrogen) atoms. The van der Waals surface area contributed by atoms with E-state index in [9.17, 15) is 18.0 Å². The van der Waals surface area contributed by atoms with Crippen LogP contribution in [0.1, 0.15) is 25.8 Å². The molecule has 0 amide bonds. The number of halogens is 4. The van der Waals surface area contributed by atoms with Crippen LogP contribution in [0.3, 0.4) is 0 Å². The molecule has 1 aliphatic heterocycles. The molecule has 0 spiro atoms. The van der Waals surface area contributed by atoms with Gasteiger partial charge in [-0.15, -0.1) is 0 Å². The van der Waals surface area contributed by atoms with Crippen LogP contribution in [0.5, 0.6) is 0 Å². The Balaban J connectivity index is 2.25. The lowest BCUT2D eigenvalue weighted by molar-refractivity contribution is -0.359. The molecule has 0 fully saturated rings. The van der Waals surface area contributed by atoms with Crippen molar-refractivity contribution in [2.24, 2.45) is 11.1 Å². The van der Waals surface area contributed by atoms with Crippen LogP contribution in [0.2, 0.25) is 0 Å². The van der Waals surface area contributed by atoms with E-state index in [0.29, 0.717) is 5.56 Å². The SMILES string of the molecule is CC(C)C(=O)OC1(C(F)(F)F)CC(c2ccc(Br)cc2)=NO1. The van der Waals surface area contributed by atoms with Crippen LogP contribution in [0.25, 0.3) is 0 Å². The number of carbonyl (C=O) groups is 1. The number of oxime groups is 1. The first-order valence-corrected chi connectivity index (χ1v) is 7.24. The second kappa shape index (κ2) is 5.91. The summed E-state index contributed by atoms with van der Waals surface area (Å²) in [5.74, 6) is -4.76. The van der Waals surface area contributed by atoms with Crippen molar-refractivity contribution in [3.63, 3.8) is 0 Å². The third-order valence-corrected chi connectivity index (χ3v) is 3.58. The molecule has 1 atom stereocenters. The zero-order valence-corrected chi connectivity index (χ0v) is 13.4. The summed E-state index contributed by atoms with van der Waals surface area (Å²) < 4.78 is 45.3. The largest absolute Gasteiger partial charge is 0.470 e. The highest BCUT2D eigenvalue weighted by Gasteiger charge is 2.65. The average Bonchev–Trinajstić information content (AvgIpc) is 2.84. The van der Waals surface area contributed by atoms with Crippen molar-refractivity contribution in [2.45, 2.75) is 32.2 Å². The number of nitrogens with zero attached hydrogens (tertiary/aromatic N) is 1. The van der Waals surface area contributed by atoms with Crippen molar-refractivity contribution >= 4 is 27.6 Å². The van der Waals surface area contributed by atoms with E-state index in [4.69, 9.17) is 0 Å². The molecule has 120 valence electrons. The van der Waals surface area contributed by atoms with Crippen LogP contribution in [0.4, 0.5) is 13.2 Å². The minimum atomic E-state index is -4.89. The summed E-state index contributed by atoms with van der Waals surface area (Å²) in [5.41, 5.74) is 0.538. The molecule has 1 aromatic rings. The minimum Gasteiger partial charge on any atom is -0.412 e. The number of hydrogen-bond acceptors (Lipinski definition) is 4. The Hall–Kier alpha value is -1.57. The highest BCUT2D eigenvalue weighted by atomic mass is 79.9. The fraction of sp³-hybridized carbons (Fsp3) is 0.429. The van der Waals surface area contributed by atoms with E-state index >= 15 is 0 Å². The van der Waals surface area contributed by atoms with Crippen LogP contribution in [-0.4, -0.2) is 23.6 Å². The van der Waals surface area contributed by atoms with Crippen molar-refractivity contribution in [1.29, 1.82) is 0 Å². The molecule has 0 N–H and O–H groups in total. The van der Waals surface area contributed by atoms with Crippen molar-refractivity contribution in [3.05, 3.63) is 34.3 Å². The molecule has 1 unspecified atom stereocenters. The lowest BCUT2D eigenvalue weighted by Gasteiger charge is -2.28. The van der Waals surface area contributed by atoms with Gasteiger partial charge in [0.1, 0.15) is 0 Å². The summed E-state index contributed by atoms with van der Waals surface area (Å²) in [6.45, 7) is 2.88. The van der Waals surface area contributed by atoms with Crippen molar-refractivity contribution in [1.82, 2.24) is 0 Å². The smallest absolute Gasteiger partial charge is 0.412 e. The Morgan fingerprint density at radius 1 is 1.36 bits per heavy atom.